The summed E-state index contributed by atoms with van der Waals surface area (Å²) in [6.45, 7) is 2.71. The zero-order valence-electron chi connectivity index (χ0n) is 8.37. The summed E-state index contributed by atoms with van der Waals surface area (Å²) in [7, 11) is 0. The van der Waals surface area contributed by atoms with E-state index in [4.69, 9.17) is 10.5 Å². The molecule has 0 radical (unpaired) electrons. The Morgan fingerprint density at radius 1 is 1.36 bits per heavy atom. The third-order valence-electron chi connectivity index (χ3n) is 1.99. The minimum absolute atomic E-state index is 0.140. The van der Waals surface area contributed by atoms with Gasteiger partial charge in [-0.1, -0.05) is 29.3 Å². The number of ether oxygens (including phenoxy) is 1. The molecule has 78 valence electrons. The topological polar surface area (TPSA) is 35.2 Å². The van der Waals surface area contributed by atoms with Gasteiger partial charge < -0.3 is 10.5 Å². The van der Waals surface area contributed by atoms with Gasteiger partial charge in [0.25, 0.3) is 0 Å². The average molecular weight is 258 g/mol. The molecule has 0 amide bonds. The highest BCUT2D eigenvalue weighted by Gasteiger charge is 2.06. The predicted octanol–water partition coefficient (Wildman–Crippen LogP) is 2.96. The Labute approximate surface area is 93.6 Å². The van der Waals surface area contributed by atoms with Gasteiger partial charge in [-0.2, -0.15) is 0 Å². The van der Waals surface area contributed by atoms with Crippen molar-refractivity contribution in [3.63, 3.8) is 0 Å². The quantitative estimate of drug-likeness (QED) is 0.881. The monoisotopic (exact) mass is 257 g/mol. The molecule has 0 spiro atoms. The van der Waals surface area contributed by atoms with Crippen LogP contribution in [0.1, 0.15) is 19.8 Å². The number of nitrogens with two attached hydrogens (primary N) is 1. The van der Waals surface area contributed by atoms with Crippen molar-refractivity contribution in [2.24, 2.45) is 5.73 Å². The molecule has 0 fully saturated rings. The summed E-state index contributed by atoms with van der Waals surface area (Å²) in [5, 5.41) is 0. The molecule has 1 unspecified atom stereocenters. The maximum atomic E-state index is 5.71. The average Bonchev–Trinajstić information content (AvgIpc) is 2.20. The molecule has 2 nitrogen and oxygen atoms in total. The van der Waals surface area contributed by atoms with Crippen LogP contribution in [-0.2, 0) is 0 Å². The van der Waals surface area contributed by atoms with Crippen molar-refractivity contribution >= 4 is 15.9 Å². The second-order valence-electron chi connectivity index (χ2n) is 3.22. The first-order chi connectivity index (χ1) is 6.76. The summed E-state index contributed by atoms with van der Waals surface area (Å²) in [5.41, 5.74) is 5.60. The number of halogens is 1. The van der Waals surface area contributed by atoms with Gasteiger partial charge in [-0.25, -0.2) is 0 Å². The summed E-state index contributed by atoms with van der Waals surface area (Å²) in [6, 6.07) is 7.83. The number of hydrogen-bond donors (Lipinski definition) is 1. The molecule has 2 N–H and O–H groups in total. The molecule has 1 aromatic carbocycles. The molecule has 0 saturated heterocycles. The zero-order chi connectivity index (χ0) is 10.4. The van der Waals surface area contributed by atoms with Gasteiger partial charge in [0.2, 0.25) is 0 Å². The first-order valence-electron chi connectivity index (χ1n) is 4.88. The van der Waals surface area contributed by atoms with Gasteiger partial charge in [0.1, 0.15) is 11.9 Å². The van der Waals surface area contributed by atoms with Crippen LogP contribution in [0.5, 0.6) is 5.75 Å². The minimum Gasteiger partial charge on any atom is -0.489 e. The van der Waals surface area contributed by atoms with E-state index >= 15 is 0 Å². The fourth-order valence-electron chi connectivity index (χ4n) is 1.25. The molecule has 0 bridgehead atoms. The molecule has 0 aliphatic rings. The van der Waals surface area contributed by atoms with Crippen molar-refractivity contribution in [2.45, 2.75) is 25.9 Å². The Morgan fingerprint density at radius 2 is 2.00 bits per heavy atom. The molecule has 0 heterocycles. The molecule has 0 aromatic heterocycles. The minimum atomic E-state index is 0.140. The number of benzene rings is 1. The third kappa shape index (κ3) is 3.68. The van der Waals surface area contributed by atoms with Crippen LogP contribution in [0, 0.1) is 0 Å². The van der Waals surface area contributed by atoms with Gasteiger partial charge in [-0.3, -0.25) is 0 Å². The Balaban J connectivity index is 2.53. The second kappa shape index (κ2) is 6.04. The van der Waals surface area contributed by atoms with Crippen molar-refractivity contribution in [2.75, 3.05) is 6.54 Å². The van der Waals surface area contributed by atoms with Crippen LogP contribution in [0.2, 0.25) is 0 Å². The number of rotatable bonds is 5. The molecule has 0 saturated carbocycles. The maximum absolute atomic E-state index is 5.71. The normalized spacial score (nSPS) is 12.5. The van der Waals surface area contributed by atoms with E-state index < -0.39 is 0 Å². The van der Waals surface area contributed by atoms with E-state index in [-0.39, 0.29) is 6.10 Å². The van der Waals surface area contributed by atoms with Crippen LogP contribution in [0.25, 0.3) is 0 Å². The fraction of sp³-hybridized carbons (Fsp3) is 0.455. The zero-order valence-corrected chi connectivity index (χ0v) is 9.96. The van der Waals surface area contributed by atoms with Crippen molar-refractivity contribution in [1.29, 1.82) is 0 Å². The van der Waals surface area contributed by atoms with E-state index in [0.717, 1.165) is 23.1 Å². The van der Waals surface area contributed by atoms with Crippen LogP contribution in [0.3, 0.4) is 0 Å². The standard InChI is InChI=1S/C11H16BrNO/c1-2-3-11(8-13)14-10-6-4-9(12)5-7-10/h4-7,11H,2-3,8,13H2,1H3. The van der Waals surface area contributed by atoms with Gasteiger partial charge in [0, 0.05) is 11.0 Å². The third-order valence-corrected chi connectivity index (χ3v) is 2.52. The molecule has 1 aromatic rings. The Bertz CT molecular complexity index is 260. The molecule has 1 atom stereocenters. The van der Waals surface area contributed by atoms with E-state index in [1.165, 1.54) is 0 Å². The lowest BCUT2D eigenvalue weighted by atomic mass is 10.2. The Hall–Kier alpha value is -0.540. The molecule has 14 heavy (non-hydrogen) atoms. The van der Waals surface area contributed by atoms with E-state index in [1.54, 1.807) is 0 Å². The lowest BCUT2D eigenvalue weighted by molar-refractivity contribution is 0.198. The lowest BCUT2D eigenvalue weighted by Gasteiger charge is -2.16. The van der Waals surface area contributed by atoms with E-state index in [0.29, 0.717) is 6.54 Å². The summed E-state index contributed by atoms with van der Waals surface area (Å²) in [6.07, 6.45) is 2.24. The summed E-state index contributed by atoms with van der Waals surface area (Å²) < 4.78 is 6.77. The second-order valence-corrected chi connectivity index (χ2v) is 4.13. The highest BCUT2D eigenvalue weighted by Crippen LogP contribution is 2.18. The molecular weight excluding hydrogens is 242 g/mol. The smallest absolute Gasteiger partial charge is 0.119 e. The van der Waals surface area contributed by atoms with Gasteiger partial charge >= 0.3 is 0 Å². The van der Waals surface area contributed by atoms with Gasteiger partial charge in [-0.15, -0.1) is 0 Å². The maximum Gasteiger partial charge on any atom is 0.119 e. The highest BCUT2D eigenvalue weighted by atomic mass is 79.9. The van der Waals surface area contributed by atoms with E-state index in [9.17, 15) is 0 Å². The predicted molar refractivity (Wildman–Crippen MR) is 62.5 cm³/mol. The first-order valence-corrected chi connectivity index (χ1v) is 5.68. The van der Waals surface area contributed by atoms with Crippen LogP contribution in [-0.4, -0.2) is 12.6 Å². The molecular formula is C11H16BrNO. The first kappa shape index (κ1) is 11.5. The lowest BCUT2D eigenvalue weighted by Crippen LogP contribution is -2.26. The molecule has 0 aliphatic carbocycles. The van der Waals surface area contributed by atoms with E-state index in [2.05, 4.69) is 22.9 Å². The Morgan fingerprint density at radius 3 is 2.50 bits per heavy atom. The largest absolute Gasteiger partial charge is 0.489 e. The van der Waals surface area contributed by atoms with Gasteiger partial charge in [-0.05, 0) is 30.7 Å². The number of hydrogen-bond acceptors (Lipinski definition) is 2. The van der Waals surface area contributed by atoms with Gasteiger partial charge in [0.15, 0.2) is 0 Å². The van der Waals surface area contributed by atoms with Crippen LogP contribution < -0.4 is 10.5 Å². The summed E-state index contributed by atoms with van der Waals surface area (Å²) >= 11 is 3.38. The summed E-state index contributed by atoms with van der Waals surface area (Å²) in [4.78, 5) is 0. The van der Waals surface area contributed by atoms with Crippen LogP contribution in [0.15, 0.2) is 28.7 Å². The van der Waals surface area contributed by atoms with E-state index in [1.807, 2.05) is 24.3 Å². The van der Waals surface area contributed by atoms with Gasteiger partial charge in [0.05, 0.1) is 0 Å². The van der Waals surface area contributed by atoms with Crippen molar-refractivity contribution < 1.29 is 4.74 Å². The fourth-order valence-corrected chi connectivity index (χ4v) is 1.52. The molecule has 3 heteroatoms. The van der Waals surface area contributed by atoms with Crippen LogP contribution >= 0.6 is 15.9 Å². The summed E-state index contributed by atoms with van der Waals surface area (Å²) in [5.74, 6) is 0.886. The SMILES string of the molecule is CCCC(CN)Oc1ccc(Br)cc1. The Kier molecular flexibility index (Phi) is 4.98. The van der Waals surface area contributed by atoms with Crippen molar-refractivity contribution in [3.8, 4) is 5.75 Å². The molecule has 1 rings (SSSR count). The molecule has 0 aliphatic heterocycles. The van der Waals surface area contributed by atoms with Crippen molar-refractivity contribution in [3.05, 3.63) is 28.7 Å². The van der Waals surface area contributed by atoms with Crippen LogP contribution in [0.4, 0.5) is 0 Å². The van der Waals surface area contributed by atoms with Crippen molar-refractivity contribution in [1.82, 2.24) is 0 Å². The highest BCUT2D eigenvalue weighted by molar-refractivity contribution is 9.10.